The van der Waals surface area contributed by atoms with Crippen molar-refractivity contribution in [1.29, 1.82) is 0 Å². The van der Waals surface area contributed by atoms with Crippen molar-refractivity contribution >= 4 is 0 Å². The molecule has 1 unspecified atom stereocenters. The molecule has 0 radical (unpaired) electrons. The molecule has 4 nitrogen and oxygen atoms in total. The smallest absolute Gasteiger partial charge is 0.152 e. The Labute approximate surface area is 85.3 Å². The van der Waals surface area contributed by atoms with E-state index in [1.54, 1.807) is 0 Å². The molecule has 0 saturated carbocycles. The van der Waals surface area contributed by atoms with Gasteiger partial charge in [-0.25, -0.2) is 4.98 Å². The lowest BCUT2D eigenvalue weighted by molar-refractivity contribution is 0.336. The van der Waals surface area contributed by atoms with Crippen molar-refractivity contribution in [3.05, 3.63) is 11.6 Å². The molecule has 4 heteroatoms. The number of nitrogens with one attached hydrogen (secondary N) is 1. The summed E-state index contributed by atoms with van der Waals surface area (Å²) in [5.41, 5.74) is 6.28. The Balaban J connectivity index is 2.45. The molecule has 0 amide bonds. The Hall–Kier alpha value is -0.900. The van der Waals surface area contributed by atoms with Gasteiger partial charge >= 0.3 is 0 Å². The largest absolute Gasteiger partial charge is 0.327 e. The Morgan fingerprint density at radius 3 is 2.50 bits per heavy atom. The molecular formula is C10H20N4. The molecular weight excluding hydrogens is 176 g/mol. The zero-order valence-corrected chi connectivity index (χ0v) is 9.46. The molecule has 1 heterocycles. The molecule has 0 aliphatic heterocycles. The topological polar surface area (TPSA) is 67.6 Å². The molecule has 80 valence electrons. The predicted octanol–water partition coefficient (Wildman–Crippen LogP) is 1.42. The van der Waals surface area contributed by atoms with Crippen molar-refractivity contribution in [3.63, 3.8) is 0 Å². The third-order valence-electron chi connectivity index (χ3n) is 1.96. The highest BCUT2D eigenvalue weighted by atomic mass is 15.2. The van der Waals surface area contributed by atoms with E-state index in [1.807, 2.05) is 6.92 Å². The van der Waals surface area contributed by atoms with E-state index in [4.69, 9.17) is 5.73 Å². The highest BCUT2D eigenvalue weighted by molar-refractivity contribution is 4.91. The van der Waals surface area contributed by atoms with Crippen molar-refractivity contribution < 1.29 is 0 Å². The van der Waals surface area contributed by atoms with Crippen LogP contribution in [0.15, 0.2) is 0 Å². The summed E-state index contributed by atoms with van der Waals surface area (Å²) < 4.78 is 0. The van der Waals surface area contributed by atoms with Gasteiger partial charge in [-0.15, -0.1) is 0 Å². The summed E-state index contributed by atoms with van der Waals surface area (Å²) in [5, 5.41) is 6.89. The van der Waals surface area contributed by atoms with Crippen LogP contribution in [0, 0.1) is 12.3 Å². The van der Waals surface area contributed by atoms with Crippen LogP contribution in [0.4, 0.5) is 0 Å². The molecule has 0 aliphatic carbocycles. The number of H-pyrrole nitrogens is 1. The number of rotatable bonds is 3. The van der Waals surface area contributed by atoms with Crippen LogP contribution in [0.25, 0.3) is 0 Å². The molecule has 3 N–H and O–H groups in total. The molecule has 0 saturated heterocycles. The number of aryl methyl sites for hydroxylation is 1. The number of aromatic nitrogens is 3. The van der Waals surface area contributed by atoms with Crippen molar-refractivity contribution in [1.82, 2.24) is 15.2 Å². The van der Waals surface area contributed by atoms with Gasteiger partial charge in [0.25, 0.3) is 0 Å². The first kappa shape index (κ1) is 11.2. The van der Waals surface area contributed by atoms with Crippen LogP contribution < -0.4 is 5.73 Å². The third-order valence-corrected chi connectivity index (χ3v) is 1.96. The van der Waals surface area contributed by atoms with E-state index in [9.17, 15) is 0 Å². The Morgan fingerprint density at radius 2 is 2.07 bits per heavy atom. The van der Waals surface area contributed by atoms with Crippen LogP contribution in [0.3, 0.4) is 0 Å². The van der Waals surface area contributed by atoms with Gasteiger partial charge in [-0.2, -0.15) is 5.10 Å². The zero-order chi connectivity index (χ0) is 10.8. The van der Waals surface area contributed by atoms with Crippen LogP contribution in [0.1, 0.15) is 38.8 Å². The maximum Gasteiger partial charge on any atom is 0.152 e. The summed E-state index contributed by atoms with van der Waals surface area (Å²) in [6, 6.07) is 0.144. The Bertz CT molecular complexity index is 285. The van der Waals surface area contributed by atoms with Crippen LogP contribution in [0.5, 0.6) is 0 Å². The second-order valence-electron chi connectivity index (χ2n) is 5.07. The first-order valence-corrected chi connectivity index (χ1v) is 5.00. The van der Waals surface area contributed by atoms with Crippen LogP contribution in [0.2, 0.25) is 0 Å². The van der Waals surface area contributed by atoms with Gasteiger partial charge in [0.1, 0.15) is 5.82 Å². The van der Waals surface area contributed by atoms with E-state index < -0.39 is 0 Å². The van der Waals surface area contributed by atoms with Gasteiger partial charge in [0.05, 0.1) is 0 Å². The summed E-state index contributed by atoms with van der Waals surface area (Å²) in [6.07, 6.45) is 1.74. The van der Waals surface area contributed by atoms with Crippen molar-refractivity contribution in [2.75, 3.05) is 0 Å². The van der Waals surface area contributed by atoms with Crippen LogP contribution in [-0.2, 0) is 6.42 Å². The van der Waals surface area contributed by atoms with Gasteiger partial charge in [-0.05, 0) is 18.8 Å². The summed E-state index contributed by atoms with van der Waals surface area (Å²) >= 11 is 0. The molecule has 0 spiro atoms. The fourth-order valence-electron chi connectivity index (χ4n) is 1.57. The molecule has 0 fully saturated rings. The van der Waals surface area contributed by atoms with Gasteiger partial charge in [0, 0.05) is 12.5 Å². The second kappa shape index (κ2) is 4.09. The minimum absolute atomic E-state index is 0.144. The average Bonchev–Trinajstić information content (AvgIpc) is 2.30. The average molecular weight is 196 g/mol. The number of aromatic amines is 1. The molecule has 0 aromatic carbocycles. The van der Waals surface area contributed by atoms with Gasteiger partial charge in [0.15, 0.2) is 5.82 Å². The SMILES string of the molecule is Cc1nc(CC(N)CC(C)(C)C)n[nH]1. The molecule has 1 rings (SSSR count). The van der Waals surface area contributed by atoms with E-state index in [0.717, 1.165) is 24.5 Å². The molecule has 1 aromatic heterocycles. The Kier molecular flexibility index (Phi) is 3.26. The van der Waals surface area contributed by atoms with E-state index in [-0.39, 0.29) is 11.5 Å². The van der Waals surface area contributed by atoms with Crippen molar-refractivity contribution in [2.45, 2.75) is 46.6 Å². The standard InChI is InChI=1S/C10H20N4/c1-7-12-9(14-13-7)5-8(11)6-10(2,3)4/h8H,5-6,11H2,1-4H3,(H,12,13,14). The third kappa shape index (κ3) is 3.87. The van der Waals surface area contributed by atoms with Crippen LogP contribution in [-0.4, -0.2) is 21.2 Å². The minimum atomic E-state index is 0.144. The fraction of sp³-hybridized carbons (Fsp3) is 0.800. The lowest BCUT2D eigenvalue weighted by atomic mass is 9.87. The monoisotopic (exact) mass is 196 g/mol. The predicted molar refractivity (Wildman–Crippen MR) is 56.9 cm³/mol. The maximum atomic E-state index is 6.01. The highest BCUT2D eigenvalue weighted by Gasteiger charge is 2.17. The lowest BCUT2D eigenvalue weighted by Gasteiger charge is -2.22. The van der Waals surface area contributed by atoms with E-state index >= 15 is 0 Å². The zero-order valence-electron chi connectivity index (χ0n) is 9.46. The number of hydrogen-bond acceptors (Lipinski definition) is 3. The summed E-state index contributed by atoms with van der Waals surface area (Å²) in [5.74, 6) is 1.67. The second-order valence-corrected chi connectivity index (χ2v) is 5.07. The van der Waals surface area contributed by atoms with Gasteiger partial charge in [-0.3, -0.25) is 5.10 Å². The molecule has 1 atom stereocenters. The fourth-order valence-corrected chi connectivity index (χ4v) is 1.57. The van der Waals surface area contributed by atoms with E-state index in [1.165, 1.54) is 0 Å². The number of nitrogens with zero attached hydrogens (tertiary/aromatic N) is 2. The van der Waals surface area contributed by atoms with Crippen molar-refractivity contribution in [2.24, 2.45) is 11.1 Å². The molecule has 14 heavy (non-hydrogen) atoms. The minimum Gasteiger partial charge on any atom is -0.327 e. The first-order valence-electron chi connectivity index (χ1n) is 5.00. The number of hydrogen-bond donors (Lipinski definition) is 2. The first-order chi connectivity index (χ1) is 6.37. The van der Waals surface area contributed by atoms with Crippen LogP contribution >= 0.6 is 0 Å². The normalized spacial score (nSPS) is 14.4. The van der Waals surface area contributed by atoms with E-state index in [2.05, 4.69) is 36.0 Å². The summed E-state index contributed by atoms with van der Waals surface area (Å²) in [6.45, 7) is 8.47. The summed E-state index contributed by atoms with van der Waals surface area (Å²) in [4.78, 5) is 4.23. The highest BCUT2D eigenvalue weighted by Crippen LogP contribution is 2.20. The van der Waals surface area contributed by atoms with Gasteiger partial charge in [0.2, 0.25) is 0 Å². The summed E-state index contributed by atoms with van der Waals surface area (Å²) in [7, 11) is 0. The lowest BCUT2D eigenvalue weighted by Crippen LogP contribution is -2.28. The Morgan fingerprint density at radius 1 is 1.43 bits per heavy atom. The van der Waals surface area contributed by atoms with Gasteiger partial charge < -0.3 is 5.73 Å². The number of nitrogens with two attached hydrogens (primary N) is 1. The molecule has 0 bridgehead atoms. The quantitative estimate of drug-likeness (QED) is 0.768. The molecule has 1 aromatic rings. The van der Waals surface area contributed by atoms with E-state index in [0.29, 0.717) is 0 Å². The maximum absolute atomic E-state index is 6.01. The molecule has 0 aliphatic rings. The van der Waals surface area contributed by atoms with Crippen molar-refractivity contribution in [3.8, 4) is 0 Å². The van der Waals surface area contributed by atoms with Gasteiger partial charge in [-0.1, -0.05) is 20.8 Å².